The molecule has 4 rings (SSSR count). The van der Waals surface area contributed by atoms with E-state index in [1.165, 1.54) is 43.2 Å². The summed E-state index contributed by atoms with van der Waals surface area (Å²) in [5.74, 6) is 4.21. The van der Waals surface area contributed by atoms with Crippen molar-refractivity contribution in [2.24, 2.45) is 23.7 Å². The normalized spacial score (nSPS) is 38.7. The maximum absolute atomic E-state index is 3.98. The van der Waals surface area contributed by atoms with Crippen molar-refractivity contribution in [3.05, 3.63) is 35.4 Å². The predicted molar refractivity (Wildman–Crippen MR) is 88.2 cm³/mol. The first kappa shape index (κ1) is 13.8. The summed E-state index contributed by atoms with van der Waals surface area (Å²) < 4.78 is 0. The Morgan fingerprint density at radius 1 is 1.05 bits per heavy atom. The molecule has 21 heavy (non-hydrogen) atoms. The smallest absolute Gasteiger partial charge is 0.0294 e. The second kappa shape index (κ2) is 5.43. The van der Waals surface area contributed by atoms with E-state index < -0.39 is 0 Å². The number of rotatable bonds is 4. The first-order valence-electron chi connectivity index (χ1n) is 9.11. The SMILES string of the molecule is CCc1ccc(C(C)NC2CC3CC2C2CCCC32)cc1. The van der Waals surface area contributed by atoms with Crippen molar-refractivity contribution in [1.29, 1.82) is 0 Å². The highest BCUT2D eigenvalue weighted by atomic mass is 15.0. The number of benzene rings is 1. The van der Waals surface area contributed by atoms with Crippen LogP contribution in [0.4, 0.5) is 0 Å². The second-order valence-electron chi connectivity index (χ2n) is 7.74. The van der Waals surface area contributed by atoms with Crippen LogP contribution < -0.4 is 5.32 Å². The van der Waals surface area contributed by atoms with Crippen LogP contribution in [0.5, 0.6) is 0 Å². The molecule has 0 heterocycles. The zero-order valence-corrected chi connectivity index (χ0v) is 13.5. The summed E-state index contributed by atoms with van der Waals surface area (Å²) in [6.07, 6.45) is 8.66. The van der Waals surface area contributed by atoms with E-state index in [2.05, 4.69) is 43.4 Å². The van der Waals surface area contributed by atoms with E-state index in [0.717, 1.165) is 36.1 Å². The molecule has 114 valence electrons. The number of nitrogens with one attached hydrogen (secondary N) is 1. The predicted octanol–water partition coefficient (Wildman–Crippen LogP) is 4.72. The molecule has 0 aliphatic heterocycles. The van der Waals surface area contributed by atoms with Crippen LogP contribution >= 0.6 is 0 Å². The topological polar surface area (TPSA) is 12.0 Å². The van der Waals surface area contributed by atoms with Crippen LogP contribution in [-0.4, -0.2) is 6.04 Å². The summed E-state index contributed by atoms with van der Waals surface area (Å²) in [6, 6.07) is 10.5. The average Bonchev–Trinajstić information content (AvgIpc) is 3.19. The van der Waals surface area contributed by atoms with Gasteiger partial charge in [0.2, 0.25) is 0 Å². The Morgan fingerprint density at radius 2 is 1.81 bits per heavy atom. The molecule has 3 saturated carbocycles. The van der Waals surface area contributed by atoms with Crippen LogP contribution in [0.3, 0.4) is 0 Å². The molecule has 3 fully saturated rings. The molecular formula is C20H29N. The summed E-state index contributed by atoms with van der Waals surface area (Å²) in [6.45, 7) is 4.57. The van der Waals surface area contributed by atoms with Gasteiger partial charge in [-0.05, 0) is 73.8 Å². The molecule has 0 saturated heterocycles. The Morgan fingerprint density at radius 3 is 2.57 bits per heavy atom. The number of hydrogen-bond acceptors (Lipinski definition) is 1. The minimum atomic E-state index is 0.500. The van der Waals surface area contributed by atoms with Crippen LogP contribution in [0, 0.1) is 23.7 Å². The largest absolute Gasteiger partial charge is 0.307 e. The van der Waals surface area contributed by atoms with E-state index in [1.54, 1.807) is 0 Å². The molecule has 1 aromatic rings. The van der Waals surface area contributed by atoms with Crippen LogP contribution in [-0.2, 0) is 6.42 Å². The third-order valence-corrected chi connectivity index (χ3v) is 6.78. The highest BCUT2D eigenvalue weighted by molar-refractivity contribution is 5.25. The van der Waals surface area contributed by atoms with Gasteiger partial charge in [-0.1, -0.05) is 37.6 Å². The third kappa shape index (κ3) is 2.34. The molecule has 6 unspecified atom stereocenters. The van der Waals surface area contributed by atoms with E-state index in [4.69, 9.17) is 0 Å². The lowest BCUT2D eigenvalue weighted by Gasteiger charge is -2.34. The van der Waals surface area contributed by atoms with E-state index >= 15 is 0 Å². The van der Waals surface area contributed by atoms with E-state index in [1.807, 2.05) is 0 Å². The number of aryl methyl sites for hydroxylation is 1. The molecule has 0 aromatic heterocycles. The summed E-state index contributed by atoms with van der Waals surface area (Å²) in [5.41, 5.74) is 2.90. The first-order chi connectivity index (χ1) is 10.3. The molecule has 2 bridgehead atoms. The van der Waals surface area contributed by atoms with Gasteiger partial charge in [0, 0.05) is 12.1 Å². The maximum Gasteiger partial charge on any atom is 0.0294 e. The van der Waals surface area contributed by atoms with Crippen molar-refractivity contribution in [1.82, 2.24) is 5.32 Å². The monoisotopic (exact) mass is 283 g/mol. The van der Waals surface area contributed by atoms with Crippen molar-refractivity contribution in [2.75, 3.05) is 0 Å². The van der Waals surface area contributed by atoms with Crippen LogP contribution in [0.2, 0.25) is 0 Å². The lowest BCUT2D eigenvalue weighted by molar-refractivity contribution is 0.200. The van der Waals surface area contributed by atoms with Gasteiger partial charge in [-0.3, -0.25) is 0 Å². The Bertz CT molecular complexity index is 491. The van der Waals surface area contributed by atoms with Crippen LogP contribution in [0.1, 0.15) is 63.1 Å². The van der Waals surface area contributed by atoms with Crippen molar-refractivity contribution >= 4 is 0 Å². The van der Waals surface area contributed by atoms with Gasteiger partial charge < -0.3 is 5.32 Å². The van der Waals surface area contributed by atoms with E-state index in [-0.39, 0.29) is 0 Å². The Labute approximate surface area is 129 Å². The second-order valence-corrected chi connectivity index (χ2v) is 7.74. The molecule has 1 N–H and O–H groups in total. The molecule has 1 aromatic carbocycles. The van der Waals surface area contributed by atoms with Gasteiger partial charge >= 0.3 is 0 Å². The highest BCUT2D eigenvalue weighted by Crippen LogP contribution is 2.58. The molecule has 0 amide bonds. The molecule has 1 heteroatoms. The molecular weight excluding hydrogens is 254 g/mol. The lowest BCUT2D eigenvalue weighted by atomic mass is 9.79. The van der Waals surface area contributed by atoms with E-state index in [0.29, 0.717) is 6.04 Å². The molecule has 1 nitrogen and oxygen atoms in total. The molecule has 6 atom stereocenters. The molecule has 3 aliphatic carbocycles. The quantitative estimate of drug-likeness (QED) is 0.842. The maximum atomic E-state index is 3.98. The Kier molecular flexibility index (Phi) is 3.57. The fraction of sp³-hybridized carbons (Fsp3) is 0.700. The zero-order valence-electron chi connectivity index (χ0n) is 13.5. The minimum absolute atomic E-state index is 0.500. The summed E-state index contributed by atoms with van der Waals surface area (Å²) >= 11 is 0. The van der Waals surface area contributed by atoms with Crippen LogP contribution in [0.15, 0.2) is 24.3 Å². The van der Waals surface area contributed by atoms with Crippen molar-refractivity contribution < 1.29 is 0 Å². The molecule has 3 aliphatic rings. The van der Waals surface area contributed by atoms with Crippen molar-refractivity contribution in [3.63, 3.8) is 0 Å². The Hall–Kier alpha value is -0.820. The average molecular weight is 283 g/mol. The van der Waals surface area contributed by atoms with Crippen molar-refractivity contribution in [2.45, 2.75) is 64.5 Å². The molecule has 0 radical (unpaired) electrons. The molecule has 0 spiro atoms. The van der Waals surface area contributed by atoms with Gasteiger partial charge in [-0.15, -0.1) is 0 Å². The fourth-order valence-corrected chi connectivity index (χ4v) is 5.72. The summed E-state index contributed by atoms with van der Waals surface area (Å²) in [7, 11) is 0. The summed E-state index contributed by atoms with van der Waals surface area (Å²) in [5, 5.41) is 3.98. The first-order valence-corrected chi connectivity index (χ1v) is 9.11. The standard InChI is InChI=1S/C20H29N/c1-3-14-7-9-15(10-8-14)13(2)21-20-12-16-11-19(20)18-6-4-5-17(16)18/h7-10,13,16-21H,3-6,11-12H2,1-2H3. The van der Waals surface area contributed by atoms with Gasteiger partial charge in [-0.2, -0.15) is 0 Å². The minimum Gasteiger partial charge on any atom is -0.307 e. The highest BCUT2D eigenvalue weighted by Gasteiger charge is 2.53. The van der Waals surface area contributed by atoms with Gasteiger partial charge in [0.1, 0.15) is 0 Å². The fourth-order valence-electron chi connectivity index (χ4n) is 5.72. The third-order valence-electron chi connectivity index (χ3n) is 6.78. The van der Waals surface area contributed by atoms with Gasteiger partial charge in [0.25, 0.3) is 0 Å². The number of hydrogen-bond donors (Lipinski definition) is 1. The lowest BCUT2D eigenvalue weighted by Crippen LogP contribution is -2.40. The Balaban J connectivity index is 1.42. The zero-order chi connectivity index (χ0) is 14.4. The van der Waals surface area contributed by atoms with Crippen LogP contribution in [0.25, 0.3) is 0 Å². The van der Waals surface area contributed by atoms with E-state index in [9.17, 15) is 0 Å². The van der Waals surface area contributed by atoms with Crippen molar-refractivity contribution in [3.8, 4) is 0 Å². The van der Waals surface area contributed by atoms with Gasteiger partial charge in [0.15, 0.2) is 0 Å². The number of fused-ring (bicyclic) bond motifs is 5. The van der Waals surface area contributed by atoms with Gasteiger partial charge in [0.05, 0.1) is 0 Å². The summed E-state index contributed by atoms with van der Waals surface area (Å²) in [4.78, 5) is 0. The van der Waals surface area contributed by atoms with Gasteiger partial charge in [-0.25, -0.2) is 0 Å².